The van der Waals surface area contributed by atoms with Gasteiger partial charge in [-0.05, 0) is 66.4 Å². The van der Waals surface area contributed by atoms with Gasteiger partial charge in [0.05, 0.1) is 22.4 Å². The number of benzene rings is 2. The normalized spacial score (nSPS) is 11.9. The zero-order valence-corrected chi connectivity index (χ0v) is 21.2. The Morgan fingerprint density at radius 2 is 1.51 bits per heavy atom. The van der Waals surface area contributed by atoms with Crippen LogP contribution in [-0.2, 0) is 18.9 Å². The summed E-state index contributed by atoms with van der Waals surface area (Å²) in [5.41, 5.74) is 0.893. The third-order valence-electron chi connectivity index (χ3n) is 6.22. The lowest BCUT2D eigenvalue weighted by Crippen LogP contribution is -2.27. The molecule has 0 bridgehead atoms. The molecule has 0 aliphatic carbocycles. The van der Waals surface area contributed by atoms with Gasteiger partial charge in [0, 0.05) is 37.2 Å². The van der Waals surface area contributed by atoms with Crippen molar-refractivity contribution in [1.82, 2.24) is 14.9 Å². The van der Waals surface area contributed by atoms with Crippen molar-refractivity contribution in [3.63, 3.8) is 0 Å². The summed E-state index contributed by atoms with van der Waals surface area (Å²) >= 11 is 0. The first-order valence-electron chi connectivity index (χ1n) is 11.8. The molecule has 0 aliphatic heterocycles. The zero-order valence-electron chi connectivity index (χ0n) is 21.2. The largest absolute Gasteiger partial charge is 0.417 e. The molecule has 2 heterocycles. The molecule has 202 valence electrons. The molecule has 4 aromatic rings. The number of carbonyl (C=O) groups excluding carboxylic acids is 1. The molecule has 0 saturated carbocycles. The Morgan fingerprint density at radius 1 is 0.821 bits per heavy atom. The third-order valence-corrected chi connectivity index (χ3v) is 6.22. The highest BCUT2D eigenvalue weighted by Crippen LogP contribution is 2.41. The van der Waals surface area contributed by atoms with E-state index in [1.54, 1.807) is 18.3 Å². The number of nitrogens with zero attached hydrogens (tertiary/aromatic N) is 3. The van der Waals surface area contributed by atoms with Crippen molar-refractivity contribution in [2.75, 3.05) is 7.05 Å². The molecule has 1 amide bonds. The Bertz CT molecular complexity index is 1530. The summed E-state index contributed by atoms with van der Waals surface area (Å²) in [4.78, 5) is 23.3. The smallest absolute Gasteiger partial charge is 0.337 e. The monoisotopic (exact) mass is 543 g/mol. The molecular weight excluding hydrogens is 520 g/mol. The van der Waals surface area contributed by atoms with Crippen LogP contribution in [0.15, 0.2) is 73.1 Å². The average Bonchev–Trinajstić information content (AvgIpc) is 2.87. The Kier molecular flexibility index (Phi) is 7.50. The molecular formula is C29H23F6N3O. The summed E-state index contributed by atoms with van der Waals surface area (Å²) in [5, 5.41) is 0. The highest BCUT2D eigenvalue weighted by Gasteiger charge is 2.43. The first-order valence-corrected chi connectivity index (χ1v) is 11.8. The van der Waals surface area contributed by atoms with Crippen molar-refractivity contribution in [2.45, 2.75) is 32.7 Å². The molecule has 0 radical (unpaired) electrons. The molecule has 4 rings (SSSR count). The number of hydrogen-bond acceptors (Lipinski definition) is 3. The number of alkyl halides is 6. The maximum absolute atomic E-state index is 13.5. The second kappa shape index (κ2) is 10.5. The van der Waals surface area contributed by atoms with Crippen LogP contribution >= 0.6 is 0 Å². The molecule has 2 aromatic heterocycles. The standard InChI is InChI=1S/C29H23F6N3O/c1-17-6-4-5-7-21(17)22-14-26(20-10-11-36-18(2)12-20)37-15-23(22)27(39)38(3)16-19-8-9-24(28(30,31)32)25(13-19)29(33,34)35/h4-15H,16H2,1-3H3. The minimum atomic E-state index is -5.22. The molecule has 10 heteroatoms. The van der Waals surface area contributed by atoms with Crippen LogP contribution < -0.4 is 0 Å². The lowest BCUT2D eigenvalue weighted by Gasteiger charge is -2.22. The van der Waals surface area contributed by atoms with Crippen LogP contribution in [-0.4, -0.2) is 27.8 Å². The number of rotatable bonds is 5. The summed E-state index contributed by atoms with van der Waals surface area (Å²) in [5.74, 6) is -0.549. The van der Waals surface area contributed by atoms with Gasteiger partial charge in [-0.25, -0.2) is 0 Å². The summed E-state index contributed by atoms with van der Waals surface area (Å²) < 4.78 is 79.7. The number of pyridine rings is 2. The van der Waals surface area contributed by atoms with Gasteiger partial charge in [-0.1, -0.05) is 30.3 Å². The summed E-state index contributed by atoms with van der Waals surface area (Å²) in [6, 6.07) is 14.5. The van der Waals surface area contributed by atoms with Gasteiger partial charge in [-0.15, -0.1) is 0 Å². The van der Waals surface area contributed by atoms with Gasteiger partial charge in [0.1, 0.15) is 0 Å². The minimum absolute atomic E-state index is 0.0968. The van der Waals surface area contributed by atoms with E-state index in [1.165, 1.54) is 13.2 Å². The van der Waals surface area contributed by atoms with E-state index in [-0.39, 0.29) is 17.7 Å². The van der Waals surface area contributed by atoms with Gasteiger partial charge in [-0.2, -0.15) is 26.3 Å². The van der Waals surface area contributed by atoms with E-state index in [9.17, 15) is 31.1 Å². The second-order valence-corrected chi connectivity index (χ2v) is 9.15. The minimum Gasteiger partial charge on any atom is -0.337 e. The summed E-state index contributed by atoms with van der Waals surface area (Å²) in [6.45, 7) is 3.37. The number of hydrogen-bond donors (Lipinski definition) is 0. The van der Waals surface area contributed by atoms with Gasteiger partial charge in [-0.3, -0.25) is 14.8 Å². The van der Waals surface area contributed by atoms with Crippen LogP contribution in [0.2, 0.25) is 0 Å². The van der Waals surface area contributed by atoms with Gasteiger partial charge < -0.3 is 4.90 Å². The third kappa shape index (κ3) is 6.10. The first kappa shape index (κ1) is 27.8. The summed E-state index contributed by atoms with van der Waals surface area (Å²) in [7, 11) is 1.37. The topological polar surface area (TPSA) is 46.1 Å². The van der Waals surface area contributed by atoms with Gasteiger partial charge in [0.2, 0.25) is 0 Å². The van der Waals surface area contributed by atoms with E-state index in [4.69, 9.17) is 0 Å². The highest BCUT2D eigenvalue weighted by molar-refractivity contribution is 6.01. The van der Waals surface area contributed by atoms with Crippen LogP contribution in [0.5, 0.6) is 0 Å². The Labute approximate surface area is 221 Å². The molecule has 0 atom stereocenters. The average molecular weight is 544 g/mol. The van der Waals surface area contributed by atoms with Crippen LogP contribution in [0.4, 0.5) is 26.3 Å². The van der Waals surface area contributed by atoms with E-state index < -0.39 is 29.4 Å². The van der Waals surface area contributed by atoms with E-state index in [0.29, 0.717) is 23.4 Å². The van der Waals surface area contributed by atoms with Crippen molar-refractivity contribution in [3.8, 4) is 22.4 Å². The van der Waals surface area contributed by atoms with E-state index in [1.807, 2.05) is 44.2 Å². The molecule has 0 fully saturated rings. The number of amides is 1. The molecule has 0 spiro atoms. The second-order valence-electron chi connectivity index (χ2n) is 9.15. The predicted octanol–water partition coefficient (Wildman–Crippen LogP) is 7.74. The highest BCUT2D eigenvalue weighted by atomic mass is 19.4. The fraction of sp³-hybridized carbons (Fsp3) is 0.207. The molecule has 39 heavy (non-hydrogen) atoms. The molecule has 0 saturated heterocycles. The number of halogens is 6. The van der Waals surface area contributed by atoms with Crippen molar-refractivity contribution >= 4 is 5.91 Å². The predicted molar refractivity (Wildman–Crippen MR) is 135 cm³/mol. The van der Waals surface area contributed by atoms with Gasteiger partial charge in [0.15, 0.2) is 0 Å². The Balaban J connectivity index is 1.73. The lowest BCUT2D eigenvalue weighted by atomic mass is 9.95. The van der Waals surface area contributed by atoms with Crippen LogP contribution in [0.3, 0.4) is 0 Å². The van der Waals surface area contributed by atoms with Crippen molar-refractivity contribution in [1.29, 1.82) is 0 Å². The van der Waals surface area contributed by atoms with Crippen LogP contribution in [0, 0.1) is 13.8 Å². The van der Waals surface area contributed by atoms with E-state index in [2.05, 4.69) is 9.97 Å². The molecule has 0 N–H and O–H groups in total. The number of aryl methyl sites for hydroxylation is 2. The van der Waals surface area contributed by atoms with Crippen LogP contribution in [0.25, 0.3) is 22.4 Å². The number of carbonyl (C=O) groups is 1. The molecule has 0 aliphatic rings. The van der Waals surface area contributed by atoms with E-state index >= 15 is 0 Å². The molecule has 4 nitrogen and oxygen atoms in total. The van der Waals surface area contributed by atoms with Gasteiger partial charge >= 0.3 is 12.4 Å². The quantitative estimate of drug-likeness (QED) is 0.242. The maximum Gasteiger partial charge on any atom is 0.417 e. The van der Waals surface area contributed by atoms with Crippen molar-refractivity contribution in [3.05, 3.63) is 107 Å². The fourth-order valence-electron chi connectivity index (χ4n) is 4.31. The lowest BCUT2D eigenvalue weighted by molar-refractivity contribution is -0.162. The number of aromatic nitrogens is 2. The molecule has 2 aromatic carbocycles. The SMILES string of the molecule is Cc1cc(-c2cc(-c3ccccc3C)c(C(=O)N(C)Cc3ccc(C(F)(F)F)c(C(F)(F)F)c3)cn2)ccn1. The zero-order chi connectivity index (χ0) is 28.5. The Hall–Kier alpha value is -4.21. The first-order chi connectivity index (χ1) is 18.3. The van der Waals surface area contributed by atoms with E-state index in [0.717, 1.165) is 33.4 Å². The van der Waals surface area contributed by atoms with Gasteiger partial charge in [0.25, 0.3) is 5.91 Å². The van der Waals surface area contributed by atoms with Crippen molar-refractivity contribution < 1.29 is 31.1 Å². The molecule has 0 unspecified atom stereocenters. The Morgan fingerprint density at radius 3 is 2.15 bits per heavy atom. The fourth-order valence-corrected chi connectivity index (χ4v) is 4.31. The van der Waals surface area contributed by atoms with Crippen LogP contribution in [0.1, 0.15) is 38.3 Å². The van der Waals surface area contributed by atoms with Crippen molar-refractivity contribution in [2.24, 2.45) is 0 Å². The summed E-state index contributed by atoms with van der Waals surface area (Å²) in [6.07, 6.45) is -7.34. The maximum atomic E-state index is 13.5.